The van der Waals surface area contributed by atoms with E-state index in [1.165, 1.54) is 0 Å². The SMILES string of the molecule is Cn1nc(-c2ccccc2)c2c1NC(=O)CC2c1ccc2nonc2c1. The Balaban J connectivity index is 1.72. The largest absolute Gasteiger partial charge is 0.311 e. The normalized spacial score (nSPS) is 16.5. The Morgan fingerprint density at radius 3 is 2.77 bits per heavy atom. The molecule has 0 fully saturated rings. The van der Waals surface area contributed by atoms with Crippen LogP contribution in [-0.4, -0.2) is 26.0 Å². The molecular formula is C19H15N5O2. The van der Waals surface area contributed by atoms with E-state index in [-0.39, 0.29) is 11.8 Å². The van der Waals surface area contributed by atoms with E-state index >= 15 is 0 Å². The van der Waals surface area contributed by atoms with Crippen molar-refractivity contribution in [3.05, 3.63) is 59.7 Å². The molecule has 4 aromatic rings. The molecule has 5 rings (SSSR count). The van der Waals surface area contributed by atoms with Crippen molar-refractivity contribution in [3.8, 4) is 11.3 Å². The summed E-state index contributed by atoms with van der Waals surface area (Å²) in [7, 11) is 1.85. The van der Waals surface area contributed by atoms with Crippen LogP contribution in [0.1, 0.15) is 23.5 Å². The third-order valence-electron chi connectivity index (χ3n) is 4.81. The van der Waals surface area contributed by atoms with Crippen LogP contribution in [0.2, 0.25) is 0 Å². The van der Waals surface area contributed by atoms with Crippen molar-refractivity contribution in [2.45, 2.75) is 12.3 Å². The van der Waals surface area contributed by atoms with Gasteiger partial charge in [-0.2, -0.15) is 5.10 Å². The summed E-state index contributed by atoms with van der Waals surface area (Å²) < 4.78 is 6.53. The molecule has 1 aliphatic rings. The quantitative estimate of drug-likeness (QED) is 0.603. The number of fused-ring (bicyclic) bond motifs is 2. The number of aromatic nitrogens is 4. The van der Waals surface area contributed by atoms with Gasteiger partial charge in [0, 0.05) is 30.5 Å². The predicted octanol–water partition coefficient (Wildman–Crippen LogP) is 3.10. The number of benzene rings is 2. The number of nitrogens with zero attached hydrogens (tertiary/aromatic N) is 4. The van der Waals surface area contributed by atoms with Gasteiger partial charge >= 0.3 is 0 Å². The second kappa shape index (κ2) is 5.52. The Bertz CT molecular complexity index is 1130. The van der Waals surface area contributed by atoms with Gasteiger partial charge in [-0.3, -0.25) is 9.48 Å². The van der Waals surface area contributed by atoms with E-state index in [2.05, 4.69) is 20.7 Å². The zero-order valence-corrected chi connectivity index (χ0v) is 14.0. The lowest BCUT2D eigenvalue weighted by atomic mass is 9.84. The van der Waals surface area contributed by atoms with Crippen LogP contribution in [0, 0.1) is 0 Å². The predicted molar refractivity (Wildman–Crippen MR) is 95.5 cm³/mol. The number of carbonyl (C=O) groups excluding carboxylic acids is 1. The summed E-state index contributed by atoms with van der Waals surface area (Å²) >= 11 is 0. The van der Waals surface area contributed by atoms with Gasteiger partial charge in [-0.1, -0.05) is 36.4 Å². The summed E-state index contributed by atoms with van der Waals surface area (Å²) in [6, 6.07) is 15.8. The second-order valence-electron chi connectivity index (χ2n) is 6.42. The van der Waals surface area contributed by atoms with Crippen molar-refractivity contribution >= 4 is 22.8 Å². The maximum absolute atomic E-state index is 12.3. The first-order chi connectivity index (χ1) is 12.7. The van der Waals surface area contributed by atoms with Crippen LogP contribution in [0.3, 0.4) is 0 Å². The maximum atomic E-state index is 12.3. The summed E-state index contributed by atoms with van der Waals surface area (Å²) in [5.41, 5.74) is 5.30. The Labute approximate surface area is 148 Å². The molecule has 7 nitrogen and oxygen atoms in total. The lowest BCUT2D eigenvalue weighted by molar-refractivity contribution is -0.116. The van der Waals surface area contributed by atoms with E-state index < -0.39 is 0 Å². The van der Waals surface area contributed by atoms with Crippen LogP contribution in [-0.2, 0) is 11.8 Å². The minimum Gasteiger partial charge on any atom is -0.311 e. The minimum atomic E-state index is -0.108. The Morgan fingerprint density at radius 2 is 1.92 bits per heavy atom. The molecule has 0 saturated carbocycles. The highest BCUT2D eigenvalue weighted by Crippen LogP contribution is 2.42. The first kappa shape index (κ1) is 14.8. The van der Waals surface area contributed by atoms with E-state index in [0.717, 1.165) is 28.2 Å². The molecule has 2 aromatic heterocycles. The zero-order valence-electron chi connectivity index (χ0n) is 14.0. The maximum Gasteiger partial charge on any atom is 0.226 e. The molecule has 1 aliphatic heterocycles. The van der Waals surface area contributed by atoms with E-state index in [4.69, 9.17) is 4.63 Å². The van der Waals surface area contributed by atoms with Crippen molar-refractivity contribution in [2.24, 2.45) is 7.05 Å². The van der Waals surface area contributed by atoms with Gasteiger partial charge in [-0.05, 0) is 28.0 Å². The average molecular weight is 345 g/mol. The topological polar surface area (TPSA) is 85.8 Å². The van der Waals surface area contributed by atoms with Crippen molar-refractivity contribution in [2.75, 3.05) is 5.32 Å². The fourth-order valence-electron chi connectivity index (χ4n) is 3.60. The fourth-order valence-corrected chi connectivity index (χ4v) is 3.60. The lowest BCUT2D eigenvalue weighted by Crippen LogP contribution is -2.24. The summed E-state index contributed by atoms with van der Waals surface area (Å²) in [5.74, 6) is 0.607. The number of hydrogen-bond donors (Lipinski definition) is 1. The average Bonchev–Trinajstić information content (AvgIpc) is 3.26. The van der Waals surface area contributed by atoms with Gasteiger partial charge < -0.3 is 5.32 Å². The molecule has 1 amide bonds. The zero-order chi connectivity index (χ0) is 17.7. The molecule has 0 radical (unpaired) electrons. The van der Waals surface area contributed by atoms with Crippen LogP contribution in [0.25, 0.3) is 22.3 Å². The monoisotopic (exact) mass is 345 g/mol. The molecule has 1 atom stereocenters. The first-order valence-electron chi connectivity index (χ1n) is 8.35. The number of carbonyl (C=O) groups is 1. The first-order valence-corrected chi connectivity index (χ1v) is 8.35. The molecule has 0 bridgehead atoms. The van der Waals surface area contributed by atoms with E-state index in [9.17, 15) is 4.79 Å². The highest BCUT2D eigenvalue weighted by Gasteiger charge is 2.33. The molecule has 0 aliphatic carbocycles. The molecule has 0 spiro atoms. The second-order valence-corrected chi connectivity index (χ2v) is 6.42. The van der Waals surface area contributed by atoms with Gasteiger partial charge in [0.25, 0.3) is 0 Å². The Hall–Kier alpha value is -3.48. The van der Waals surface area contributed by atoms with Gasteiger partial charge in [0.1, 0.15) is 16.9 Å². The molecular weight excluding hydrogens is 330 g/mol. The Kier molecular flexibility index (Phi) is 3.15. The fraction of sp³-hybridized carbons (Fsp3) is 0.158. The van der Waals surface area contributed by atoms with Crippen molar-refractivity contribution in [3.63, 3.8) is 0 Å². The highest BCUT2D eigenvalue weighted by atomic mass is 16.6. The number of anilines is 1. The minimum absolute atomic E-state index is 0.0245. The van der Waals surface area contributed by atoms with Crippen LogP contribution in [0.15, 0.2) is 53.2 Å². The van der Waals surface area contributed by atoms with Crippen LogP contribution in [0.4, 0.5) is 5.82 Å². The number of hydrogen-bond acceptors (Lipinski definition) is 5. The van der Waals surface area contributed by atoms with Gasteiger partial charge in [0.15, 0.2) is 0 Å². The molecule has 26 heavy (non-hydrogen) atoms. The molecule has 2 aromatic carbocycles. The van der Waals surface area contributed by atoms with Gasteiger partial charge in [0.2, 0.25) is 5.91 Å². The smallest absolute Gasteiger partial charge is 0.226 e. The number of amides is 1. The van der Waals surface area contributed by atoms with Crippen LogP contribution in [0.5, 0.6) is 0 Å². The van der Waals surface area contributed by atoms with Gasteiger partial charge in [-0.25, -0.2) is 4.63 Å². The molecule has 7 heteroatoms. The number of nitrogens with one attached hydrogen (secondary N) is 1. The van der Waals surface area contributed by atoms with Crippen LogP contribution >= 0.6 is 0 Å². The van der Waals surface area contributed by atoms with E-state index in [0.29, 0.717) is 17.5 Å². The molecule has 1 N–H and O–H groups in total. The van der Waals surface area contributed by atoms with Gasteiger partial charge in [0.05, 0.1) is 5.69 Å². The third-order valence-corrected chi connectivity index (χ3v) is 4.81. The van der Waals surface area contributed by atoms with Crippen molar-refractivity contribution in [1.82, 2.24) is 20.1 Å². The van der Waals surface area contributed by atoms with E-state index in [1.807, 2.05) is 55.6 Å². The molecule has 1 unspecified atom stereocenters. The summed E-state index contributed by atoms with van der Waals surface area (Å²) in [6.07, 6.45) is 0.356. The third kappa shape index (κ3) is 2.21. The highest BCUT2D eigenvalue weighted by molar-refractivity contribution is 5.96. The van der Waals surface area contributed by atoms with Crippen molar-refractivity contribution in [1.29, 1.82) is 0 Å². The lowest BCUT2D eigenvalue weighted by Gasteiger charge is -2.24. The summed E-state index contributed by atoms with van der Waals surface area (Å²) in [6.45, 7) is 0. The van der Waals surface area contributed by atoms with Gasteiger partial charge in [-0.15, -0.1) is 0 Å². The van der Waals surface area contributed by atoms with Crippen molar-refractivity contribution < 1.29 is 9.42 Å². The summed E-state index contributed by atoms with van der Waals surface area (Å²) in [4.78, 5) is 12.3. The molecule has 128 valence electrons. The summed E-state index contributed by atoms with van der Waals surface area (Å²) in [5, 5.41) is 15.4. The molecule has 0 saturated heterocycles. The Morgan fingerprint density at radius 1 is 1.12 bits per heavy atom. The number of rotatable bonds is 2. The molecule has 3 heterocycles. The number of aryl methyl sites for hydroxylation is 1. The standard InChI is InChI=1S/C19H15N5O2/c1-24-19-17(18(21-24)11-5-3-2-4-6-11)13(10-16(25)20-19)12-7-8-14-15(9-12)23-26-22-14/h2-9,13H,10H2,1H3,(H,20,25). The van der Waals surface area contributed by atoms with Crippen LogP contribution < -0.4 is 5.32 Å². The van der Waals surface area contributed by atoms with E-state index in [1.54, 1.807) is 4.68 Å².